The molecule has 0 aliphatic rings. The maximum Gasteiger partial charge on any atom is 0.346 e. The number of tetrazole rings is 1. The largest absolute Gasteiger partial charge is 0.489 e. The van der Waals surface area contributed by atoms with Crippen molar-refractivity contribution in [3.63, 3.8) is 0 Å². The molecule has 11 nitrogen and oxygen atoms in total. The van der Waals surface area contributed by atoms with Crippen molar-refractivity contribution in [1.82, 2.24) is 30.4 Å². The molecule has 0 atom stereocenters. The molecule has 0 amide bonds. The van der Waals surface area contributed by atoms with Crippen LogP contribution in [-0.2, 0) is 22.8 Å². The third-order valence-corrected chi connectivity index (χ3v) is 5.29. The van der Waals surface area contributed by atoms with Crippen molar-refractivity contribution in [2.45, 2.75) is 24.8 Å². The first kappa shape index (κ1) is 20.7. The van der Waals surface area contributed by atoms with E-state index >= 15 is 0 Å². The lowest BCUT2D eigenvalue weighted by Crippen LogP contribution is -2.15. The van der Waals surface area contributed by atoms with Gasteiger partial charge in [0.2, 0.25) is 5.88 Å². The number of halogens is 1. The highest BCUT2D eigenvalue weighted by Gasteiger charge is 2.24. The molecule has 0 saturated heterocycles. The van der Waals surface area contributed by atoms with Crippen LogP contribution < -0.4 is 9.47 Å². The summed E-state index contributed by atoms with van der Waals surface area (Å²) in [5.74, 6) is -0.873. The first-order valence-corrected chi connectivity index (χ1v) is 10.7. The zero-order valence-corrected chi connectivity index (χ0v) is 17.1. The molecule has 1 aromatic carbocycles. The molecule has 0 radical (unpaired) electrons. The zero-order valence-electron chi connectivity index (χ0n) is 15.5. The van der Waals surface area contributed by atoms with Crippen LogP contribution in [0.4, 0.5) is 0 Å². The Hall–Kier alpha value is -2.99. The number of ether oxygens (including phenoxy) is 2. The lowest BCUT2D eigenvalue weighted by atomic mass is 10.2. The molecule has 3 aromatic rings. The molecule has 0 aliphatic carbocycles. The Labute approximate surface area is 170 Å². The SMILES string of the molecule is CCc1cc(OC(=O)c2ccc(S(C)(=O)=O)c(OCCn3ncnn3)c2Cl)n[nH]1. The maximum atomic E-state index is 12.5. The number of sulfone groups is 1. The lowest BCUT2D eigenvalue weighted by molar-refractivity contribution is 0.0727. The van der Waals surface area contributed by atoms with E-state index in [0.717, 1.165) is 11.9 Å². The maximum absolute atomic E-state index is 12.5. The molecule has 0 bridgehead atoms. The summed E-state index contributed by atoms with van der Waals surface area (Å²) in [6.45, 7) is 2.11. The number of aryl methyl sites for hydroxylation is 1. The minimum absolute atomic E-state index is 0.00364. The van der Waals surface area contributed by atoms with Crippen molar-refractivity contribution >= 4 is 27.4 Å². The van der Waals surface area contributed by atoms with Gasteiger partial charge in [-0.25, -0.2) is 13.2 Å². The van der Waals surface area contributed by atoms with Gasteiger partial charge in [-0.3, -0.25) is 5.10 Å². The Kier molecular flexibility index (Phi) is 6.13. The Morgan fingerprint density at radius 1 is 1.34 bits per heavy atom. The number of hydrogen-bond acceptors (Lipinski definition) is 9. The van der Waals surface area contributed by atoms with Crippen molar-refractivity contribution in [3.05, 3.63) is 40.8 Å². The molecule has 2 heterocycles. The van der Waals surface area contributed by atoms with E-state index in [-0.39, 0.29) is 40.3 Å². The van der Waals surface area contributed by atoms with E-state index in [1.54, 1.807) is 6.07 Å². The number of H-pyrrole nitrogens is 1. The molecular weight excluding hydrogens is 424 g/mol. The van der Waals surface area contributed by atoms with Crippen LogP contribution in [0.5, 0.6) is 11.6 Å². The van der Waals surface area contributed by atoms with Crippen LogP contribution in [0.3, 0.4) is 0 Å². The van der Waals surface area contributed by atoms with Crippen molar-refractivity contribution < 1.29 is 22.7 Å². The van der Waals surface area contributed by atoms with Gasteiger partial charge in [-0.05, 0) is 23.8 Å². The monoisotopic (exact) mass is 440 g/mol. The zero-order chi connectivity index (χ0) is 21.0. The molecule has 0 fully saturated rings. The summed E-state index contributed by atoms with van der Waals surface area (Å²) >= 11 is 6.31. The van der Waals surface area contributed by atoms with E-state index in [4.69, 9.17) is 21.1 Å². The average Bonchev–Trinajstić information content (AvgIpc) is 3.33. The predicted octanol–water partition coefficient (Wildman–Crippen LogP) is 1.31. The van der Waals surface area contributed by atoms with Gasteiger partial charge in [0.25, 0.3) is 0 Å². The van der Waals surface area contributed by atoms with E-state index in [1.165, 1.54) is 23.3 Å². The van der Waals surface area contributed by atoms with Crippen LogP contribution in [0, 0.1) is 0 Å². The normalized spacial score (nSPS) is 11.4. The second-order valence-corrected chi connectivity index (χ2v) is 8.24. The van der Waals surface area contributed by atoms with Crippen LogP contribution in [0.25, 0.3) is 0 Å². The van der Waals surface area contributed by atoms with Gasteiger partial charge in [0, 0.05) is 18.0 Å². The molecule has 1 N–H and O–H groups in total. The molecule has 0 saturated carbocycles. The summed E-state index contributed by atoms with van der Waals surface area (Å²) < 4.78 is 35.0. The highest BCUT2D eigenvalue weighted by atomic mass is 35.5. The number of esters is 1. The number of benzene rings is 1. The number of carbonyl (C=O) groups is 1. The summed E-state index contributed by atoms with van der Waals surface area (Å²) in [6.07, 6.45) is 2.95. The number of hydrogen-bond donors (Lipinski definition) is 1. The molecular formula is C16H17ClN6O5S. The quantitative estimate of drug-likeness (QED) is 0.513. The van der Waals surface area contributed by atoms with Crippen LogP contribution in [0.2, 0.25) is 5.02 Å². The third kappa shape index (κ3) is 4.90. The summed E-state index contributed by atoms with van der Waals surface area (Å²) in [5, 5.41) is 17.5. The Bertz CT molecular complexity index is 1110. The third-order valence-electron chi connectivity index (χ3n) is 3.80. The van der Waals surface area contributed by atoms with Gasteiger partial charge < -0.3 is 9.47 Å². The topological polar surface area (TPSA) is 142 Å². The summed E-state index contributed by atoms with van der Waals surface area (Å²) in [4.78, 5) is 13.6. The number of aromatic nitrogens is 6. The van der Waals surface area contributed by atoms with E-state index in [2.05, 4.69) is 25.6 Å². The Morgan fingerprint density at radius 2 is 2.14 bits per heavy atom. The molecule has 154 valence electrons. The number of aromatic amines is 1. The second kappa shape index (κ2) is 8.57. The molecule has 13 heteroatoms. The van der Waals surface area contributed by atoms with Gasteiger partial charge in [0.1, 0.15) is 11.5 Å². The standard InChI is InChI=1S/C16H17ClN6O5S/c1-3-10-8-13(21-20-10)28-16(24)11-4-5-12(29(2,25)26)15(14(11)17)27-7-6-23-19-9-18-22-23/h4-5,8-9H,3,6-7H2,1-2H3,(H,20,21). The van der Waals surface area contributed by atoms with Crippen molar-refractivity contribution in [2.75, 3.05) is 12.9 Å². The number of nitrogens with one attached hydrogen (secondary N) is 1. The fraction of sp³-hybridized carbons (Fsp3) is 0.312. The molecule has 3 rings (SSSR count). The molecule has 29 heavy (non-hydrogen) atoms. The lowest BCUT2D eigenvalue weighted by Gasteiger charge is -2.14. The van der Waals surface area contributed by atoms with Gasteiger partial charge in [0.05, 0.1) is 17.1 Å². The van der Waals surface area contributed by atoms with Gasteiger partial charge in [-0.2, -0.15) is 4.80 Å². The molecule has 0 aliphatic heterocycles. The fourth-order valence-corrected chi connectivity index (χ4v) is 3.53. The van der Waals surface area contributed by atoms with Gasteiger partial charge >= 0.3 is 5.97 Å². The number of nitrogens with zero attached hydrogens (tertiary/aromatic N) is 5. The van der Waals surface area contributed by atoms with Crippen LogP contribution in [0.15, 0.2) is 29.4 Å². The highest BCUT2D eigenvalue weighted by Crippen LogP contribution is 2.35. The van der Waals surface area contributed by atoms with E-state index < -0.39 is 15.8 Å². The molecule has 0 unspecified atom stereocenters. The van der Waals surface area contributed by atoms with Gasteiger partial charge in [0.15, 0.2) is 21.9 Å². The number of carbonyl (C=O) groups excluding carboxylic acids is 1. The number of rotatable bonds is 8. The Balaban J connectivity index is 1.86. The summed E-state index contributed by atoms with van der Waals surface area (Å²) in [7, 11) is -3.67. The highest BCUT2D eigenvalue weighted by molar-refractivity contribution is 7.90. The first-order valence-electron chi connectivity index (χ1n) is 8.42. The van der Waals surface area contributed by atoms with E-state index in [0.29, 0.717) is 6.42 Å². The smallest absolute Gasteiger partial charge is 0.346 e. The minimum atomic E-state index is -3.67. The van der Waals surface area contributed by atoms with E-state index in [9.17, 15) is 13.2 Å². The van der Waals surface area contributed by atoms with Gasteiger partial charge in [-0.15, -0.1) is 15.3 Å². The van der Waals surface area contributed by atoms with Crippen molar-refractivity contribution in [3.8, 4) is 11.6 Å². The minimum Gasteiger partial charge on any atom is -0.489 e. The second-order valence-electron chi connectivity index (χ2n) is 5.88. The van der Waals surface area contributed by atoms with Crippen LogP contribution in [0.1, 0.15) is 23.0 Å². The van der Waals surface area contributed by atoms with Crippen molar-refractivity contribution in [1.29, 1.82) is 0 Å². The summed E-state index contributed by atoms with van der Waals surface area (Å²) in [5.41, 5.74) is 0.728. The van der Waals surface area contributed by atoms with Crippen LogP contribution in [-0.4, -0.2) is 57.7 Å². The van der Waals surface area contributed by atoms with E-state index in [1.807, 2.05) is 6.92 Å². The predicted molar refractivity (Wildman–Crippen MR) is 101 cm³/mol. The summed E-state index contributed by atoms with van der Waals surface area (Å²) in [6, 6.07) is 4.09. The molecule has 0 spiro atoms. The van der Waals surface area contributed by atoms with Crippen LogP contribution >= 0.6 is 11.6 Å². The molecule has 2 aromatic heterocycles. The van der Waals surface area contributed by atoms with Crippen molar-refractivity contribution in [2.24, 2.45) is 0 Å². The Morgan fingerprint density at radius 3 is 2.76 bits per heavy atom. The van der Waals surface area contributed by atoms with Gasteiger partial charge in [-0.1, -0.05) is 18.5 Å². The average molecular weight is 441 g/mol. The fourth-order valence-electron chi connectivity index (χ4n) is 2.37. The first-order chi connectivity index (χ1) is 13.8.